The third-order valence-corrected chi connectivity index (χ3v) is 7.17. The Balaban J connectivity index is 2.25. The molecule has 7 nitrogen and oxygen atoms in total. The van der Waals surface area contributed by atoms with Gasteiger partial charge >= 0.3 is 0 Å². The molecule has 0 spiro atoms. The second-order valence-electron chi connectivity index (χ2n) is 6.12. The summed E-state index contributed by atoms with van der Waals surface area (Å²) in [6.45, 7) is 8.20. The van der Waals surface area contributed by atoms with Crippen LogP contribution in [0.1, 0.15) is 54.5 Å². The highest BCUT2D eigenvalue weighted by Crippen LogP contribution is 2.22. The maximum atomic E-state index is 12.7. The third kappa shape index (κ3) is 5.12. The molecule has 2 aromatic rings. The Hall–Kier alpha value is -1.84. The monoisotopic (exact) mass is 410 g/mol. The predicted octanol–water partition coefficient (Wildman–Crippen LogP) is 3.47. The molecule has 1 aromatic carbocycles. The van der Waals surface area contributed by atoms with E-state index in [1.165, 1.54) is 27.8 Å². The lowest BCUT2D eigenvalue weighted by Gasteiger charge is -2.19. The molecule has 1 amide bonds. The molecule has 2 rings (SSSR count). The van der Waals surface area contributed by atoms with Crippen LogP contribution in [0.2, 0.25) is 0 Å². The number of carbonyl (C=O) groups excluding carboxylic acids is 1. The van der Waals surface area contributed by atoms with Gasteiger partial charge in [-0.1, -0.05) is 44.6 Å². The minimum atomic E-state index is -3.63. The maximum absolute atomic E-state index is 12.7. The molecule has 0 radical (unpaired) electrons. The third-order valence-electron chi connectivity index (χ3n) is 4.23. The summed E-state index contributed by atoms with van der Waals surface area (Å²) >= 11 is 1.34. The quantitative estimate of drug-likeness (QED) is 0.683. The number of carbonyl (C=O) groups is 1. The lowest BCUT2D eigenvalue weighted by atomic mass is 10.1. The summed E-state index contributed by atoms with van der Waals surface area (Å²) in [6, 6.07) is 4.61. The van der Waals surface area contributed by atoms with Gasteiger partial charge in [0.15, 0.2) is 0 Å². The Morgan fingerprint density at radius 3 is 2.52 bits per heavy atom. The van der Waals surface area contributed by atoms with Crippen molar-refractivity contribution in [1.29, 1.82) is 0 Å². The first-order valence-corrected chi connectivity index (χ1v) is 11.3. The number of sulfonamides is 1. The molecule has 0 atom stereocenters. The second kappa shape index (κ2) is 9.38. The number of anilines is 1. The standard InChI is InChI=1S/C18H26N4O3S2/c1-5-8-9-16-20-21-18(26-16)19-17(23)15-12-14(11-10-13(15)4)27(24,25)22(6-2)7-3/h10-12H,5-9H2,1-4H3,(H,19,21,23). The molecule has 0 aliphatic rings. The Bertz CT molecular complexity index is 890. The van der Waals surface area contributed by atoms with Crippen molar-refractivity contribution in [1.82, 2.24) is 14.5 Å². The van der Waals surface area contributed by atoms with Crippen molar-refractivity contribution < 1.29 is 13.2 Å². The summed E-state index contributed by atoms with van der Waals surface area (Å²) in [5.41, 5.74) is 1.01. The first-order chi connectivity index (χ1) is 12.8. The van der Waals surface area contributed by atoms with Crippen LogP contribution in [0.4, 0.5) is 5.13 Å². The van der Waals surface area contributed by atoms with E-state index in [-0.39, 0.29) is 10.8 Å². The van der Waals surface area contributed by atoms with Crippen molar-refractivity contribution in [3.63, 3.8) is 0 Å². The fraction of sp³-hybridized carbons (Fsp3) is 0.500. The van der Waals surface area contributed by atoms with Gasteiger partial charge in [0.25, 0.3) is 5.91 Å². The average molecular weight is 411 g/mol. The van der Waals surface area contributed by atoms with Gasteiger partial charge in [-0.25, -0.2) is 8.42 Å². The number of rotatable bonds is 9. The summed E-state index contributed by atoms with van der Waals surface area (Å²) in [6.07, 6.45) is 2.92. The van der Waals surface area contributed by atoms with Crippen molar-refractivity contribution in [3.05, 3.63) is 34.3 Å². The lowest BCUT2D eigenvalue weighted by Crippen LogP contribution is -2.30. The highest BCUT2D eigenvalue weighted by atomic mass is 32.2. The largest absolute Gasteiger partial charge is 0.296 e. The Kier molecular flexibility index (Phi) is 7.46. The summed E-state index contributed by atoms with van der Waals surface area (Å²) in [5, 5.41) is 12.1. The SMILES string of the molecule is CCCCc1nnc(NC(=O)c2cc(S(=O)(=O)N(CC)CC)ccc2C)s1. The van der Waals surface area contributed by atoms with Crippen LogP contribution >= 0.6 is 11.3 Å². The Morgan fingerprint density at radius 2 is 1.89 bits per heavy atom. The van der Waals surface area contributed by atoms with Crippen LogP contribution in [0.25, 0.3) is 0 Å². The molecule has 1 aromatic heterocycles. The molecule has 0 fully saturated rings. The number of unbranched alkanes of at least 4 members (excludes halogenated alkanes) is 1. The van der Waals surface area contributed by atoms with Crippen LogP contribution in [0, 0.1) is 6.92 Å². The molecule has 9 heteroatoms. The van der Waals surface area contributed by atoms with Gasteiger partial charge in [0.05, 0.1) is 4.90 Å². The predicted molar refractivity (Wildman–Crippen MR) is 108 cm³/mol. The first-order valence-electron chi connectivity index (χ1n) is 9.07. The number of hydrogen-bond donors (Lipinski definition) is 1. The molecule has 1 heterocycles. The number of nitrogens with zero attached hydrogens (tertiary/aromatic N) is 3. The molecule has 0 unspecified atom stereocenters. The second-order valence-corrected chi connectivity index (χ2v) is 9.12. The van der Waals surface area contributed by atoms with E-state index in [1.807, 2.05) is 0 Å². The molecule has 27 heavy (non-hydrogen) atoms. The van der Waals surface area contributed by atoms with Gasteiger partial charge in [-0.3, -0.25) is 10.1 Å². The average Bonchev–Trinajstić information content (AvgIpc) is 3.08. The summed E-state index contributed by atoms with van der Waals surface area (Å²) in [7, 11) is -3.63. The van der Waals surface area contributed by atoms with Gasteiger partial charge in [-0.15, -0.1) is 10.2 Å². The lowest BCUT2D eigenvalue weighted by molar-refractivity contribution is 0.102. The molecule has 0 saturated heterocycles. The number of benzene rings is 1. The Morgan fingerprint density at radius 1 is 1.19 bits per heavy atom. The van der Waals surface area contributed by atoms with Crippen molar-refractivity contribution in [2.75, 3.05) is 18.4 Å². The van der Waals surface area contributed by atoms with Crippen molar-refractivity contribution >= 4 is 32.4 Å². The van der Waals surface area contributed by atoms with E-state index in [0.717, 1.165) is 24.3 Å². The van der Waals surface area contributed by atoms with Crippen molar-refractivity contribution in [2.24, 2.45) is 0 Å². The fourth-order valence-electron chi connectivity index (χ4n) is 2.62. The van der Waals surface area contributed by atoms with Crippen LogP contribution < -0.4 is 5.32 Å². The molecule has 0 saturated carbocycles. The highest BCUT2D eigenvalue weighted by Gasteiger charge is 2.23. The van der Waals surface area contributed by atoms with E-state index in [4.69, 9.17) is 0 Å². The van der Waals surface area contributed by atoms with Crippen molar-refractivity contribution in [2.45, 2.75) is 51.9 Å². The van der Waals surface area contributed by atoms with Gasteiger partial charge in [0.2, 0.25) is 15.2 Å². The molecule has 1 N–H and O–H groups in total. The molecular weight excluding hydrogens is 384 g/mol. The topological polar surface area (TPSA) is 92.3 Å². The molecule has 0 aliphatic carbocycles. The normalized spacial score (nSPS) is 11.7. The van der Waals surface area contributed by atoms with E-state index < -0.39 is 10.0 Å². The smallest absolute Gasteiger partial charge is 0.257 e. The van der Waals surface area contributed by atoms with E-state index in [2.05, 4.69) is 22.4 Å². The van der Waals surface area contributed by atoms with Gasteiger partial charge in [-0.05, 0) is 31.0 Å². The minimum absolute atomic E-state index is 0.114. The molecular formula is C18H26N4O3S2. The van der Waals surface area contributed by atoms with E-state index >= 15 is 0 Å². The van der Waals surface area contributed by atoms with Crippen LogP contribution in [-0.2, 0) is 16.4 Å². The van der Waals surface area contributed by atoms with Crippen LogP contribution in [0.5, 0.6) is 0 Å². The number of amides is 1. The summed E-state index contributed by atoms with van der Waals surface area (Å²) < 4.78 is 26.8. The van der Waals surface area contributed by atoms with Gasteiger partial charge in [-0.2, -0.15) is 4.31 Å². The zero-order chi connectivity index (χ0) is 20.0. The van der Waals surface area contributed by atoms with Gasteiger partial charge in [0, 0.05) is 25.1 Å². The fourth-order valence-corrected chi connectivity index (χ4v) is 4.88. The zero-order valence-corrected chi connectivity index (χ0v) is 17.8. The first kappa shape index (κ1) is 21.5. The summed E-state index contributed by atoms with van der Waals surface area (Å²) in [5.74, 6) is -0.387. The minimum Gasteiger partial charge on any atom is -0.296 e. The van der Waals surface area contributed by atoms with Gasteiger partial charge < -0.3 is 0 Å². The van der Waals surface area contributed by atoms with E-state index in [1.54, 1.807) is 26.8 Å². The molecule has 148 valence electrons. The number of aromatic nitrogens is 2. The highest BCUT2D eigenvalue weighted by molar-refractivity contribution is 7.89. The number of nitrogens with one attached hydrogen (secondary N) is 1. The summed E-state index contributed by atoms with van der Waals surface area (Å²) in [4.78, 5) is 12.8. The van der Waals surface area contributed by atoms with Crippen LogP contribution in [0.15, 0.2) is 23.1 Å². The van der Waals surface area contributed by atoms with Crippen molar-refractivity contribution in [3.8, 4) is 0 Å². The van der Waals surface area contributed by atoms with Crippen LogP contribution in [-0.4, -0.2) is 41.9 Å². The number of aryl methyl sites for hydroxylation is 2. The molecule has 0 bridgehead atoms. The van der Waals surface area contributed by atoms with E-state index in [0.29, 0.717) is 29.3 Å². The van der Waals surface area contributed by atoms with Crippen LogP contribution in [0.3, 0.4) is 0 Å². The molecule has 0 aliphatic heterocycles. The van der Waals surface area contributed by atoms with E-state index in [9.17, 15) is 13.2 Å². The maximum Gasteiger partial charge on any atom is 0.257 e. The number of hydrogen-bond acceptors (Lipinski definition) is 6. The zero-order valence-electron chi connectivity index (χ0n) is 16.2. The van der Waals surface area contributed by atoms with Gasteiger partial charge in [0.1, 0.15) is 5.01 Å². The Labute approximate surface area is 164 Å².